The van der Waals surface area contributed by atoms with Crippen LogP contribution in [0.3, 0.4) is 0 Å². The van der Waals surface area contributed by atoms with Crippen molar-refractivity contribution in [1.82, 2.24) is 14.8 Å². The highest BCUT2D eigenvalue weighted by Gasteiger charge is 2.34. The molecule has 2 aromatic heterocycles. The first-order valence-electron chi connectivity index (χ1n) is 10.3. The Morgan fingerprint density at radius 1 is 1.31 bits per heavy atom. The maximum Gasteiger partial charge on any atom is 0.226 e. The number of hydrogen-bond donors (Lipinski definition) is 1. The average molecular weight is 447 g/mol. The fraction of sp³-hybridized carbons (Fsp3) is 0.208. The number of nitrogens with zero attached hydrogens (tertiary/aromatic N) is 3. The van der Waals surface area contributed by atoms with Crippen LogP contribution in [0.15, 0.2) is 55.1 Å². The third-order valence-electron chi connectivity index (χ3n) is 5.52. The molecular formula is C24H22N4O3S. The summed E-state index contributed by atoms with van der Waals surface area (Å²) in [6.07, 6.45) is 2.03. The molecule has 1 aliphatic rings. The number of para-hydroxylation sites is 1. The second-order valence-electron chi connectivity index (χ2n) is 7.53. The van der Waals surface area contributed by atoms with E-state index in [-0.39, 0.29) is 11.8 Å². The van der Waals surface area contributed by atoms with Gasteiger partial charge in [0, 0.05) is 23.5 Å². The predicted octanol–water partition coefficient (Wildman–Crippen LogP) is 4.84. The number of carbonyl (C=O) groups excluding carboxylic acids is 1. The Bertz CT molecular complexity index is 1340. The van der Waals surface area contributed by atoms with Gasteiger partial charge in [0.15, 0.2) is 0 Å². The van der Waals surface area contributed by atoms with Gasteiger partial charge in [-0.05, 0) is 31.2 Å². The molecule has 8 heteroatoms. The summed E-state index contributed by atoms with van der Waals surface area (Å²) in [4.78, 5) is 17.5. The number of hydrogen-bond acceptors (Lipinski definition) is 6. The molecule has 7 nitrogen and oxygen atoms in total. The number of nitrogens with one attached hydrogen (secondary N) is 1. The zero-order valence-electron chi connectivity index (χ0n) is 17.8. The highest BCUT2D eigenvalue weighted by molar-refractivity contribution is 7.20. The molecule has 0 radical (unpaired) electrons. The minimum absolute atomic E-state index is 0.0649. The fourth-order valence-corrected chi connectivity index (χ4v) is 5.06. The largest absolute Gasteiger partial charge is 0.497 e. The number of anilines is 1. The normalized spacial score (nSPS) is 15.3. The van der Waals surface area contributed by atoms with Crippen molar-refractivity contribution in [1.29, 1.82) is 0 Å². The standard InChI is InChI=1S/C24H22N4O3S/c1-4-11-31-19-8-6-5-7-16(19)17-13-21(29)26-23-22(17)14(2)27-28(23)24-25-18-10-9-15(30-3)12-20(18)32-24/h4-10,12,17H,1,11,13H2,2-3H3,(H,26,29)/t17-/m0/s1. The van der Waals surface area contributed by atoms with E-state index in [1.807, 2.05) is 49.4 Å². The topological polar surface area (TPSA) is 78.3 Å². The molecule has 1 atom stereocenters. The van der Waals surface area contributed by atoms with Crippen LogP contribution in [-0.4, -0.2) is 34.4 Å². The molecule has 5 rings (SSSR count). The first-order valence-corrected chi connectivity index (χ1v) is 11.1. The lowest BCUT2D eigenvalue weighted by molar-refractivity contribution is -0.116. The third-order valence-corrected chi connectivity index (χ3v) is 6.51. The molecule has 0 saturated carbocycles. The molecule has 0 fully saturated rings. The van der Waals surface area contributed by atoms with Crippen LogP contribution in [0.2, 0.25) is 0 Å². The lowest BCUT2D eigenvalue weighted by Crippen LogP contribution is -2.25. The Morgan fingerprint density at radius 3 is 2.97 bits per heavy atom. The number of fused-ring (bicyclic) bond motifs is 2. The van der Waals surface area contributed by atoms with E-state index in [9.17, 15) is 4.79 Å². The summed E-state index contributed by atoms with van der Waals surface area (Å²) in [5, 5.41) is 8.48. The van der Waals surface area contributed by atoms with Crippen LogP contribution in [0, 0.1) is 6.92 Å². The van der Waals surface area contributed by atoms with Gasteiger partial charge in [0.2, 0.25) is 11.0 Å². The van der Waals surface area contributed by atoms with E-state index in [0.29, 0.717) is 24.0 Å². The van der Waals surface area contributed by atoms with Gasteiger partial charge in [0.05, 0.1) is 23.0 Å². The summed E-state index contributed by atoms with van der Waals surface area (Å²) in [6, 6.07) is 13.6. The highest BCUT2D eigenvalue weighted by Crippen LogP contribution is 2.43. The molecule has 0 spiro atoms. The van der Waals surface area contributed by atoms with E-state index in [0.717, 1.165) is 38.5 Å². The van der Waals surface area contributed by atoms with Crippen molar-refractivity contribution in [2.24, 2.45) is 0 Å². The maximum atomic E-state index is 12.7. The highest BCUT2D eigenvalue weighted by atomic mass is 32.1. The molecule has 162 valence electrons. The average Bonchev–Trinajstić information content (AvgIpc) is 3.37. The fourth-order valence-electron chi connectivity index (χ4n) is 4.11. The predicted molar refractivity (Wildman–Crippen MR) is 125 cm³/mol. The van der Waals surface area contributed by atoms with Crippen molar-refractivity contribution < 1.29 is 14.3 Å². The summed E-state index contributed by atoms with van der Waals surface area (Å²) in [5.74, 6) is 1.95. The lowest BCUT2D eigenvalue weighted by Gasteiger charge is -2.25. The number of rotatable bonds is 6. The van der Waals surface area contributed by atoms with Gasteiger partial charge in [0.25, 0.3) is 0 Å². The molecule has 3 heterocycles. The quantitative estimate of drug-likeness (QED) is 0.429. The van der Waals surface area contributed by atoms with Crippen molar-refractivity contribution in [3.8, 4) is 16.6 Å². The van der Waals surface area contributed by atoms with Gasteiger partial charge in [-0.25, -0.2) is 4.98 Å². The number of amides is 1. The van der Waals surface area contributed by atoms with E-state index in [2.05, 4.69) is 11.9 Å². The van der Waals surface area contributed by atoms with Gasteiger partial charge in [-0.1, -0.05) is 42.2 Å². The van der Waals surface area contributed by atoms with Crippen molar-refractivity contribution in [2.45, 2.75) is 19.3 Å². The van der Waals surface area contributed by atoms with Gasteiger partial charge in [-0.2, -0.15) is 9.78 Å². The van der Waals surface area contributed by atoms with Crippen LogP contribution in [-0.2, 0) is 4.79 Å². The van der Waals surface area contributed by atoms with Gasteiger partial charge < -0.3 is 14.8 Å². The smallest absolute Gasteiger partial charge is 0.226 e. The number of methoxy groups -OCH3 is 1. The Kier molecular flexibility index (Phi) is 5.14. The molecule has 1 aliphatic heterocycles. The van der Waals surface area contributed by atoms with Gasteiger partial charge in [-0.3, -0.25) is 4.79 Å². The Labute approximate surface area is 189 Å². The first-order chi connectivity index (χ1) is 15.6. The second kappa shape index (κ2) is 8.12. The van der Waals surface area contributed by atoms with Crippen LogP contribution in [0.25, 0.3) is 15.3 Å². The van der Waals surface area contributed by atoms with Crippen LogP contribution in [0.1, 0.15) is 29.2 Å². The van der Waals surface area contributed by atoms with Crippen molar-refractivity contribution in [2.75, 3.05) is 19.0 Å². The molecular weight excluding hydrogens is 424 g/mol. The van der Waals surface area contributed by atoms with Gasteiger partial charge in [-0.15, -0.1) is 0 Å². The molecule has 1 amide bonds. The summed E-state index contributed by atoms with van der Waals surface area (Å²) < 4.78 is 13.9. The SMILES string of the molecule is C=CCOc1ccccc1[C@@H]1CC(=O)Nc2c1c(C)nn2-c1nc2ccc(OC)cc2s1. The molecule has 0 unspecified atom stereocenters. The van der Waals surface area contributed by atoms with E-state index in [4.69, 9.17) is 19.6 Å². The minimum Gasteiger partial charge on any atom is -0.497 e. The van der Waals surface area contributed by atoms with E-state index >= 15 is 0 Å². The zero-order chi connectivity index (χ0) is 22.2. The van der Waals surface area contributed by atoms with Crippen LogP contribution in [0.5, 0.6) is 11.5 Å². The van der Waals surface area contributed by atoms with Gasteiger partial charge in [0.1, 0.15) is 23.9 Å². The van der Waals surface area contributed by atoms with Crippen LogP contribution >= 0.6 is 11.3 Å². The molecule has 0 aliphatic carbocycles. The number of aromatic nitrogens is 3. The van der Waals surface area contributed by atoms with Crippen molar-refractivity contribution in [3.05, 3.63) is 71.9 Å². The minimum atomic E-state index is -0.164. The molecule has 1 N–H and O–H groups in total. The zero-order valence-corrected chi connectivity index (χ0v) is 18.6. The first kappa shape index (κ1) is 20.3. The summed E-state index contributed by atoms with van der Waals surface area (Å²) >= 11 is 1.50. The summed E-state index contributed by atoms with van der Waals surface area (Å²) in [7, 11) is 1.64. The number of aryl methyl sites for hydroxylation is 1. The Balaban J connectivity index is 1.63. The van der Waals surface area contributed by atoms with Crippen LogP contribution in [0.4, 0.5) is 5.82 Å². The Morgan fingerprint density at radius 2 is 2.16 bits per heavy atom. The summed E-state index contributed by atoms with van der Waals surface area (Å²) in [5.41, 5.74) is 3.65. The molecule has 32 heavy (non-hydrogen) atoms. The molecule has 4 aromatic rings. The molecule has 0 bridgehead atoms. The van der Waals surface area contributed by atoms with E-state index in [1.165, 1.54) is 11.3 Å². The monoisotopic (exact) mass is 446 g/mol. The van der Waals surface area contributed by atoms with E-state index < -0.39 is 0 Å². The number of benzene rings is 2. The second-order valence-corrected chi connectivity index (χ2v) is 8.54. The maximum absolute atomic E-state index is 12.7. The summed E-state index contributed by atoms with van der Waals surface area (Å²) in [6.45, 7) is 6.09. The van der Waals surface area contributed by atoms with Crippen molar-refractivity contribution in [3.63, 3.8) is 0 Å². The Hall–Kier alpha value is -3.65. The molecule has 2 aromatic carbocycles. The van der Waals surface area contributed by atoms with Crippen LogP contribution < -0.4 is 14.8 Å². The number of thiazole rings is 1. The number of carbonyl (C=O) groups is 1. The third kappa shape index (κ3) is 3.42. The lowest BCUT2D eigenvalue weighted by atomic mass is 9.85. The molecule has 0 saturated heterocycles. The van der Waals surface area contributed by atoms with Gasteiger partial charge >= 0.3 is 0 Å². The van der Waals surface area contributed by atoms with E-state index in [1.54, 1.807) is 17.9 Å². The number of ether oxygens (including phenoxy) is 2. The van der Waals surface area contributed by atoms with Crippen molar-refractivity contribution >= 4 is 33.3 Å².